The normalized spacial score (nSPS) is 16.5. The lowest BCUT2D eigenvalue weighted by molar-refractivity contribution is -0.384. The maximum Gasteiger partial charge on any atom is 0.416 e. The fourth-order valence-corrected chi connectivity index (χ4v) is 3.48. The van der Waals surface area contributed by atoms with Gasteiger partial charge in [-0.1, -0.05) is 0 Å². The lowest BCUT2D eigenvalue weighted by Gasteiger charge is -2.31. The summed E-state index contributed by atoms with van der Waals surface area (Å²) in [5.41, 5.74) is -0.474. The van der Waals surface area contributed by atoms with Crippen molar-refractivity contribution in [3.8, 4) is 0 Å². The van der Waals surface area contributed by atoms with E-state index in [1.165, 1.54) is 18.2 Å². The molecule has 170 valence electrons. The Labute approximate surface area is 181 Å². The van der Waals surface area contributed by atoms with Crippen LogP contribution >= 0.6 is 0 Å². The third-order valence-electron chi connectivity index (χ3n) is 5.32. The predicted octanol–water partition coefficient (Wildman–Crippen LogP) is 4.28. The molecule has 2 aromatic carbocycles. The van der Waals surface area contributed by atoms with Crippen LogP contribution in [0.4, 0.5) is 35.9 Å². The second-order valence-electron chi connectivity index (χ2n) is 7.69. The summed E-state index contributed by atoms with van der Waals surface area (Å²) in [4.78, 5) is 25.5. The summed E-state index contributed by atoms with van der Waals surface area (Å²) in [6, 6.07) is 7.31. The molecule has 0 bridgehead atoms. The number of hydrogen-bond donors (Lipinski definition) is 2. The zero-order valence-corrected chi connectivity index (χ0v) is 16.9. The molecule has 2 N–H and O–H groups in total. The first-order valence-corrected chi connectivity index (χ1v) is 10.1. The number of alkyl halides is 3. The van der Waals surface area contributed by atoms with Gasteiger partial charge in [0.25, 0.3) is 11.6 Å². The Morgan fingerprint density at radius 1 is 1.09 bits per heavy atom. The molecule has 1 saturated heterocycles. The minimum Gasteiger partial charge on any atom is -0.378 e. The van der Waals surface area contributed by atoms with Gasteiger partial charge in [0.05, 0.1) is 35.1 Å². The summed E-state index contributed by atoms with van der Waals surface area (Å²) in [6.45, 7) is 1.74. The monoisotopic (exact) mass is 450 g/mol. The molecule has 1 saturated carbocycles. The fourth-order valence-electron chi connectivity index (χ4n) is 3.48. The van der Waals surface area contributed by atoms with Crippen LogP contribution in [0.2, 0.25) is 0 Å². The van der Waals surface area contributed by atoms with E-state index in [0.29, 0.717) is 37.7 Å². The van der Waals surface area contributed by atoms with Gasteiger partial charge >= 0.3 is 6.18 Å². The average molecular weight is 450 g/mol. The molecule has 0 spiro atoms. The number of nitrogens with one attached hydrogen (secondary N) is 2. The van der Waals surface area contributed by atoms with Crippen LogP contribution in [0.5, 0.6) is 0 Å². The molecule has 32 heavy (non-hydrogen) atoms. The molecule has 0 radical (unpaired) electrons. The summed E-state index contributed by atoms with van der Waals surface area (Å²) in [5, 5.41) is 17.0. The molecule has 0 aromatic heterocycles. The van der Waals surface area contributed by atoms with Gasteiger partial charge in [-0.15, -0.1) is 0 Å². The first kappa shape index (κ1) is 21.9. The van der Waals surface area contributed by atoms with E-state index in [1.54, 1.807) is 0 Å². The standard InChI is InChI=1S/C21H21F3N4O4/c22-21(23,24)14-2-6-18(27-7-9-32-10-8-27)17(12-14)26-20(29)13-1-5-16(25-15-3-4-15)19(11-13)28(30)31/h1-2,5-6,11-12,15,25H,3-4,7-10H2,(H,26,29). The highest BCUT2D eigenvalue weighted by molar-refractivity contribution is 6.06. The van der Waals surface area contributed by atoms with E-state index in [2.05, 4.69) is 10.6 Å². The molecule has 8 nitrogen and oxygen atoms in total. The second kappa shape index (κ2) is 8.65. The Balaban J connectivity index is 1.63. The van der Waals surface area contributed by atoms with Crippen LogP contribution < -0.4 is 15.5 Å². The number of anilines is 3. The lowest BCUT2D eigenvalue weighted by Crippen LogP contribution is -2.36. The third kappa shape index (κ3) is 4.93. The minimum absolute atomic E-state index is 0.0189. The van der Waals surface area contributed by atoms with Crippen molar-refractivity contribution in [1.82, 2.24) is 0 Å². The van der Waals surface area contributed by atoms with Crippen molar-refractivity contribution in [1.29, 1.82) is 0 Å². The van der Waals surface area contributed by atoms with Crippen molar-refractivity contribution >= 4 is 28.7 Å². The number of nitro benzene ring substituents is 1. The first-order valence-electron chi connectivity index (χ1n) is 10.1. The molecule has 1 amide bonds. The number of hydrogen-bond acceptors (Lipinski definition) is 6. The summed E-state index contributed by atoms with van der Waals surface area (Å²) >= 11 is 0. The number of nitrogens with zero attached hydrogens (tertiary/aromatic N) is 2. The Morgan fingerprint density at radius 2 is 1.81 bits per heavy atom. The van der Waals surface area contributed by atoms with Crippen molar-refractivity contribution in [3.63, 3.8) is 0 Å². The highest BCUT2D eigenvalue weighted by Gasteiger charge is 2.32. The molecule has 1 aliphatic heterocycles. The average Bonchev–Trinajstić information content (AvgIpc) is 3.58. The number of benzene rings is 2. The number of carbonyl (C=O) groups is 1. The number of morpholine rings is 1. The number of nitro groups is 1. The maximum atomic E-state index is 13.3. The van der Waals surface area contributed by atoms with Crippen LogP contribution in [0, 0.1) is 10.1 Å². The SMILES string of the molecule is O=C(Nc1cc(C(F)(F)F)ccc1N1CCOCC1)c1ccc(NC2CC2)c([N+](=O)[O-])c1. The van der Waals surface area contributed by atoms with Gasteiger partial charge in [0, 0.05) is 30.8 Å². The van der Waals surface area contributed by atoms with Crippen LogP contribution in [-0.4, -0.2) is 43.2 Å². The van der Waals surface area contributed by atoms with Gasteiger partial charge in [0.2, 0.25) is 0 Å². The van der Waals surface area contributed by atoms with E-state index in [4.69, 9.17) is 4.74 Å². The highest BCUT2D eigenvalue weighted by atomic mass is 19.4. The Hall–Kier alpha value is -3.34. The third-order valence-corrected chi connectivity index (χ3v) is 5.32. The zero-order valence-electron chi connectivity index (χ0n) is 16.9. The number of rotatable bonds is 6. The van der Waals surface area contributed by atoms with Crippen LogP contribution in [-0.2, 0) is 10.9 Å². The van der Waals surface area contributed by atoms with Gasteiger partial charge in [0.15, 0.2) is 0 Å². The molecule has 4 rings (SSSR count). The molecular weight excluding hydrogens is 429 g/mol. The Bertz CT molecular complexity index is 1030. The van der Waals surface area contributed by atoms with Gasteiger partial charge < -0.3 is 20.3 Å². The van der Waals surface area contributed by atoms with Gasteiger partial charge in [-0.2, -0.15) is 13.2 Å². The van der Waals surface area contributed by atoms with E-state index in [1.807, 2.05) is 4.90 Å². The molecule has 0 unspecified atom stereocenters. The summed E-state index contributed by atoms with van der Waals surface area (Å²) in [6.07, 6.45) is -2.75. The predicted molar refractivity (Wildman–Crippen MR) is 112 cm³/mol. The molecule has 2 aromatic rings. The molecule has 1 aliphatic carbocycles. The molecular formula is C21H21F3N4O4. The molecule has 11 heteroatoms. The molecule has 1 heterocycles. The van der Waals surface area contributed by atoms with Crippen molar-refractivity contribution in [2.45, 2.75) is 25.1 Å². The Morgan fingerprint density at radius 3 is 2.44 bits per heavy atom. The van der Waals surface area contributed by atoms with Gasteiger partial charge in [0.1, 0.15) is 5.69 Å². The van der Waals surface area contributed by atoms with Crippen molar-refractivity contribution in [2.24, 2.45) is 0 Å². The second-order valence-corrected chi connectivity index (χ2v) is 7.69. The fraction of sp³-hybridized carbons (Fsp3) is 0.381. The minimum atomic E-state index is -4.59. The zero-order chi connectivity index (χ0) is 22.9. The van der Waals surface area contributed by atoms with Crippen LogP contribution in [0.15, 0.2) is 36.4 Å². The van der Waals surface area contributed by atoms with Gasteiger partial charge in [-0.25, -0.2) is 0 Å². The maximum absolute atomic E-state index is 13.3. The number of ether oxygens (including phenoxy) is 1. The smallest absolute Gasteiger partial charge is 0.378 e. The number of halogens is 3. The first-order chi connectivity index (χ1) is 15.2. The summed E-state index contributed by atoms with van der Waals surface area (Å²) in [5.74, 6) is -0.736. The van der Waals surface area contributed by atoms with E-state index in [9.17, 15) is 28.1 Å². The van der Waals surface area contributed by atoms with Crippen molar-refractivity contribution < 1.29 is 27.6 Å². The molecule has 2 fully saturated rings. The largest absolute Gasteiger partial charge is 0.416 e. The lowest BCUT2D eigenvalue weighted by atomic mass is 10.1. The summed E-state index contributed by atoms with van der Waals surface area (Å²) in [7, 11) is 0. The van der Waals surface area contributed by atoms with Gasteiger partial charge in [-0.05, 0) is 43.2 Å². The summed E-state index contributed by atoms with van der Waals surface area (Å²) < 4.78 is 45.1. The Kier molecular flexibility index (Phi) is 5.92. The van der Waals surface area contributed by atoms with Crippen molar-refractivity contribution in [3.05, 3.63) is 57.6 Å². The van der Waals surface area contributed by atoms with Crippen LogP contribution in [0.3, 0.4) is 0 Å². The van der Waals surface area contributed by atoms with Gasteiger partial charge in [-0.3, -0.25) is 14.9 Å². The number of carbonyl (C=O) groups excluding carboxylic acids is 1. The van der Waals surface area contributed by atoms with Crippen LogP contribution in [0.25, 0.3) is 0 Å². The topological polar surface area (TPSA) is 96.7 Å². The van der Waals surface area contributed by atoms with E-state index >= 15 is 0 Å². The van der Waals surface area contributed by atoms with E-state index in [0.717, 1.165) is 31.0 Å². The number of amides is 1. The quantitative estimate of drug-likeness (QED) is 0.504. The molecule has 2 aliphatic rings. The van der Waals surface area contributed by atoms with Crippen LogP contribution in [0.1, 0.15) is 28.8 Å². The van der Waals surface area contributed by atoms with E-state index < -0.39 is 22.6 Å². The van der Waals surface area contributed by atoms with E-state index in [-0.39, 0.29) is 23.0 Å². The molecule has 0 atom stereocenters. The van der Waals surface area contributed by atoms with Crippen molar-refractivity contribution in [2.75, 3.05) is 41.8 Å². The highest BCUT2D eigenvalue weighted by Crippen LogP contribution is 2.36.